The fraction of sp³-hybridized carbons (Fsp3) is 0.529. The first-order valence-electron chi connectivity index (χ1n) is 7.25. The Kier molecular flexibility index (Phi) is 2.58. The average Bonchev–Trinajstić information content (AvgIpc) is 2.82. The minimum atomic E-state index is 0.173. The number of ether oxygens (including phenoxy) is 2. The lowest BCUT2D eigenvalue weighted by molar-refractivity contribution is 0.0648. The van der Waals surface area contributed by atoms with Crippen molar-refractivity contribution in [1.29, 1.82) is 0 Å². The normalized spacial score (nSPS) is 33.4. The molecule has 0 unspecified atom stereocenters. The number of hydrogen-bond acceptors (Lipinski definition) is 2. The van der Waals surface area contributed by atoms with E-state index in [2.05, 4.69) is 31.2 Å². The Balaban J connectivity index is 1.97. The fourth-order valence-electron chi connectivity index (χ4n) is 3.99. The molecule has 0 saturated carbocycles. The summed E-state index contributed by atoms with van der Waals surface area (Å²) >= 11 is 0. The zero-order valence-corrected chi connectivity index (χ0v) is 11.4. The van der Waals surface area contributed by atoms with Gasteiger partial charge in [-0.2, -0.15) is 0 Å². The maximum atomic E-state index is 5.97. The highest BCUT2D eigenvalue weighted by Crippen LogP contribution is 2.52. The van der Waals surface area contributed by atoms with Crippen LogP contribution in [0.25, 0.3) is 5.57 Å². The van der Waals surface area contributed by atoms with E-state index in [0.29, 0.717) is 5.92 Å². The van der Waals surface area contributed by atoms with Crippen LogP contribution in [0.2, 0.25) is 0 Å². The lowest BCUT2D eigenvalue weighted by Gasteiger charge is -2.38. The average molecular weight is 256 g/mol. The molecule has 0 radical (unpaired) electrons. The van der Waals surface area contributed by atoms with Crippen LogP contribution in [-0.4, -0.2) is 19.8 Å². The summed E-state index contributed by atoms with van der Waals surface area (Å²) in [6.45, 7) is 5.69. The molecule has 1 aromatic carbocycles. The molecule has 2 nitrogen and oxygen atoms in total. The van der Waals surface area contributed by atoms with Gasteiger partial charge in [0.1, 0.15) is 0 Å². The van der Waals surface area contributed by atoms with Crippen LogP contribution >= 0.6 is 0 Å². The molecule has 0 N–H and O–H groups in total. The highest BCUT2D eigenvalue weighted by Gasteiger charge is 2.42. The van der Waals surface area contributed by atoms with Crippen molar-refractivity contribution < 1.29 is 9.47 Å². The van der Waals surface area contributed by atoms with Crippen molar-refractivity contribution in [3.8, 4) is 0 Å². The van der Waals surface area contributed by atoms with Crippen LogP contribution in [0.5, 0.6) is 0 Å². The molecule has 0 spiro atoms. The van der Waals surface area contributed by atoms with Gasteiger partial charge in [-0.05, 0) is 35.1 Å². The largest absolute Gasteiger partial charge is 0.376 e. The van der Waals surface area contributed by atoms with Gasteiger partial charge in [-0.1, -0.05) is 31.2 Å². The molecule has 0 aromatic heterocycles. The van der Waals surface area contributed by atoms with Gasteiger partial charge in [-0.3, -0.25) is 0 Å². The predicted octanol–water partition coefficient (Wildman–Crippen LogP) is 3.42. The maximum absolute atomic E-state index is 5.97. The zero-order chi connectivity index (χ0) is 12.9. The summed E-state index contributed by atoms with van der Waals surface area (Å²) < 4.78 is 11.7. The molecule has 3 aliphatic rings. The third-order valence-electron chi connectivity index (χ3n) is 5.00. The van der Waals surface area contributed by atoms with Crippen LogP contribution in [0.1, 0.15) is 30.9 Å². The van der Waals surface area contributed by atoms with Crippen LogP contribution in [0.4, 0.5) is 0 Å². The summed E-state index contributed by atoms with van der Waals surface area (Å²) in [5, 5.41) is 0. The minimum Gasteiger partial charge on any atom is -0.376 e. The summed E-state index contributed by atoms with van der Waals surface area (Å²) in [7, 11) is 0. The van der Waals surface area contributed by atoms with E-state index in [1.54, 1.807) is 5.57 Å². The Morgan fingerprint density at radius 2 is 2.05 bits per heavy atom. The Labute approximate surface area is 114 Å². The maximum Gasteiger partial charge on any atom is 0.0723 e. The molecule has 0 bridgehead atoms. The van der Waals surface area contributed by atoms with E-state index in [4.69, 9.17) is 9.47 Å². The van der Waals surface area contributed by atoms with Crippen molar-refractivity contribution in [2.45, 2.75) is 26.4 Å². The third-order valence-corrected chi connectivity index (χ3v) is 5.00. The van der Waals surface area contributed by atoms with Crippen molar-refractivity contribution in [2.75, 3.05) is 19.8 Å². The van der Waals surface area contributed by atoms with Crippen molar-refractivity contribution in [3.05, 3.63) is 41.0 Å². The molecule has 1 aromatic rings. The molecule has 1 aliphatic carbocycles. The second-order valence-corrected chi connectivity index (χ2v) is 6.36. The number of hydrogen-bond donors (Lipinski definition) is 0. The predicted molar refractivity (Wildman–Crippen MR) is 74.7 cm³/mol. The Morgan fingerprint density at radius 1 is 1.16 bits per heavy atom. The number of benzene rings is 1. The first kappa shape index (κ1) is 11.7. The van der Waals surface area contributed by atoms with E-state index in [-0.39, 0.29) is 5.41 Å². The molecule has 1 fully saturated rings. The molecule has 2 aliphatic heterocycles. The second kappa shape index (κ2) is 4.19. The van der Waals surface area contributed by atoms with Crippen molar-refractivity contribution >= 4 is 5.57 Å². The van der Waals surface area contributed by atoms with E-state index in [1.807, 2.05) is 0 Å². The monoisotopic (exact) mass is 256 g/mol. The summed E-state index contributed by atoms with van der Waals surface area (Å²) in [6, 6.07) is 8.73. The number of fused-ring (bicyclic) bond motifs is 4. The van der Waals surface area contributed by atoms with Crippen LogP contribution < -0.4 is 0 Å². The van der Waals surface area contributed by atoms with Gasteiger partial charge in [0.25, 0.3) is 0 Å². The van der Waals surface area contributed by atoms with Gasteiger partial charge in [0.15, 0.2) is 0 Å². The first-order valence-corrected chi connectivity index (χ1v) is 7.25. The van der Waals surface area contributed by atoms with E-state index in [1.165, 1.54) is 29.5 Å². The Morgan fingerprint density at radius 3 is 3.00 bits per heavy atom. The van der Waals surface area contributed by atoms with Crippen molar-refractivity contribution in [1.82, 2.24) is 0 Å². The van der Waals surface area contributed by atoms with Gasteiger partial charge in [0.2, 0.25) is 0 Å². The van der Waals surface area contributed by atoms with Gasteiger partial charge in [0.05, 0.1) is 26.4 Å². The molecule has 1 saturated heterocycles. The summed E-state index contributed by atoms with van der Waals surface area (Å²) in [4.78, 5) is 0. The fourth-order valence-corrected chi connectivity index (χ4v) is 3.99. The van der Waals surface area contributed by atoms with Gasteiger partial charge in [-0.15, -0.1) is 0 Å². The molecule has 2 atom stereocenters. The zero-order valence-electron chi connectivity index (χ0n) is 11.4. The highest BCUT2D eigenvalue weighted by atomic mass is 16.5. The molecule has 0 amide bonds. The van der Waals surface area contributed by atoms with Crippen LogP contribution in [-0.2, 0) is 16.1 Å². The smallest absolute Gasteiger partial charge is 0.0723 e. The lowest BCUT2D eigenvalue weighted by atomic mass is 9.66. The van der Waals surface area contributed by atoms with E-state index < -0.39 is 0 Å². The SMILES string of the molecule is C[C@]12CC[C@H]3COCC3=C1c1ccccc1COC2. The van der Waals surface area contributed by atoms with Crippen molar-refractivity contribution in [3.63, 3.8) is 0 Å². The summed E-state index contributed by atoms with van der Waals surface area (Å²) in [5.41, 5.74) is 6.00. The van der Waals surface area contributed by atoms with E-state index in [0.717, 1.165) is 26.4 Å². The molecule has 2 heterocycles. The minimum absolute atomic E-state index is 0.173. The van der Waals surface area contributed by atoms with Crippen molar-refractivity contribution in [2.24, 2.45) is 11.3 Å². The lowest BCUT2D eigenvalue weighted by Crippen LogP contribution is -2.30. The van der Waals surface area contributed by atoms with Crippen LogP contribution in [0.15, 0.2) is 29.8 Å². The molecular formula is C17H20O2. The molecule has 4 rings (SSSR count). The Bertz CT molecular complexity index is 546. The van der Waals surface area contributed by atoms with E-state index in [9.17, 15) is 0 Å². The molecule has 19 heavy (non-hydrogen) atoms. The number of rotatable bonds is 0. The summed E-state index contributed by atoms with van der Waals surface area (Å²) in [5.74, 6) is 0.647. The molecule has 2 heteroatoms. The quantitative estimate of drug-likeness (QED) is 0.708. The van der Waals surface area contributed by atoms with Crippen LogP contribution in [0.3, 0.4) is 0 Å². The van der Waals surface area contributed by atoms with Gasteiger partial charge >= 0.3 is 0 Å². The highest BCUT2D eigenvalue weighted by molar-refractivity contribution is 5.77. The van der Waals surface area contributed by atoms with Gasteiger partial charge in [0, 0.05) is 11.3 Å². The van der Waals surface area contributed by atoms with Crippen LogP contribution in [0, 0.1) is 11.3 Å². The van der Waals surface area contributed by atoms with E-state index >= 15 is 0 Å². The molecular weight excluding hydrogens is 236 g/mol. The summed E-state index contributed by atoms with van der Waals surface area (Å²) in [6.07, 6.45) is 2.47. The topological polar surface area (TPSA) is 18.5 Å². The van der Waals surface area contributed by atoms with Gasteiger partial charge < -0.3 is 9.47 Å². The standard InChI is InChI=1S/C17H20O2/c1-17-7-6-13-8-18-10-15(13)16(17)14-5-3-2-4-12(14)9-19-11-17/h2-5,13H,6-11H2,1H3/t13-,17+/m0/s1. The molecule has 100 valence electrons. The Hall–Kier alpha value is -1.12. The first-order chi connectivity index (χ1) is 9.28. The second-order valence-electron chi connectivity index (χ2n) is 6.36. The van der Waals surface area contributed by atoms with Gasteiger partial charge in [-0.25, -0.2) is 0 Å². The third kappa shape index (κ3) is 1.70.